The van der Waals surface area contributed by atoms with Crippen LogP contribution in [0.15, 0.2) is 322 Å². The second kappa shape index (κ2) is 21.4. The third-order valence-corrected chi connectivity index (χ3v) is 21.1. The molecule has 422 valence electrons. The van der Waals surface area contributed by atoms with Gasteiger partial charge < -0.3 is 0 Å². The first-order valence-corrected chi connectivity index (χ1v) is 35.0. The summed E-state index contributed by atoms with van der Waals surface area (Å²) in [5.74, 6) is 0. The molecule has 0 fully saturated rings. The molecule has 0 bridgehead atoms. The maximum absolute atomic E-state index is 2.52. The highest BCUT2D eigenvalue weighted by molar-refractivity contribution is 6.88. The predicted molar refractivity (Wildman–Crippen MR) is 393 cm³/mol. The zero-order valence-corrected chi connectivity index (χ0v) is 51.6. The van der Waals surface area contributed by atoms with Crippen molar-refractivity contribution in [3.8, 4) is 89.0 Å². The van der Waals surface area contributed by atoms with E-state index in [1.54, 1.807) is 0 Å². The van der Waals surface area contributed by atoms with Crippen LogP contribution in [0.2, 0.25) is 19.6 Å². The normalized spacial score (nSPS) is 11.9. The molecule has 0 heterocycles. The summed E-state index contributed by atoms with van der Waals surface area (Å²) in [6.45, 7) is 7.36. The molecular formula is C89H62Si. The third kappa shape index (κ3) is 9.28. The van der Waals surface area contributed by atoms with Gasteiger partial charge in [-0.15, -0.1) is 0 Å². The second-order valence-corrected chi connectivity index (χ2v) is 30.6. The standard InChI is InChI=1S/C89H62Si/c1-90(2,3)77-46-47-84-85(56-77)86(60-31-28-59(29-32-60)57-16-5-4-6-17-57)78-22-9-10-23-79(78)89(84)76-45-43-71-52-69(39-41-73(71)55-76)68-37-36-65-49-63(34-35-67(65)50-68)62-20-15-21-74(53-62)87-80-24-11-13-26-82(80)88(83-27-14-12-25-81(83)87)75-44-42-70-51-66(38-40-72(70)54-75)64-33-30-58-18-7-8-19-61(58)48-64/h4-56H,1-3H3. The highest BCUT2D eigenvalue weighted by atomic mass is 28.3. The molecule has 1 heteroatoms. The molecule has 0 N–H and O–H groups in total. The first kappa shape index (κ1) is 53.3. The predicted octanol–water partition coefficient (Wildman–Crippen LogP) is 24.8. The lowest BCUT2D eigenvalue weighted by molar-refractivity contribution is 1.61. The highest BCUT2D eigenvalue weighted by Crippen LogP contribution is 2.47. The molecule has 0 radical (unpaired) electrons. The van der Waals surface area contributed by atoms with Crippen LogP contribution < -0.4 is 5.19 Å². The molecule has 0 unspecified atom stereocenters. The van der Waals surface area contributed by atoms with Crippen LogP contribution in [-0.4, -0.2) is 8.07 Å². The maximum Gasteiger partial charge on any atom is 0.0776 e. The molecule has 0 saturated heterocycles. The van der Waals surface area contributed by atoms with E-state index in [4.69, 9.17) is 0 Å². The van der Waals surface area contributed by atoms with E-state index in [0.717, 1.165) is 0 Å². The van der Waals surface area contributed by atoms with E-state index in [2.05, 4.69) is 341 Å². The summed E-state index contributed by atoms with van der Waals surface area (Å²) in [5, 5.41) is 21.5. The minimum atomic E-state index is -1.64. The van der Waals surface area contributed by atoms with Crippen molar-refractivity contribution >= 4 is 99.4 Å². The summed E-state index contributed by atoms with van der Waals surface area (Å²) >= 11 is 0. The third-order valence-electron chi connectivity index (χ3n) is 19.1. The van der Waals surface area contributed by atoms with Gasteiger partial charge in [-0.3, -0.25) is 0 Å². The first-order chi connectivity index (χ1) is 44.2. The molecule has 90 heavy (non-hydrogen) atoms. The maximum atomic E-state index is 2.52. The topological polar surface area (TPSA) is 0 Å². The van der Waals surface area contributed by atoms with Crippen molar-refractivity contribution in [2.24, 2.45) is 0 Å². The van der Waals surface area contributed by atoms with Crippen LogP contribution >= 0.6 is 0 Å². The number of benzene rings is 17. The van der Waals surface area contributed by atoms with Crippen LogP contribution in [0, 0.1) is 0 Å². The van der Waals surface area contributed by atoms with Crippen molar-refractivity contribution in [2.45, 2.75) is 19.6 Å². The summed E-state index contributed by atoms with van der Waals surface area (Å²) in [6.07, 6.45) is 0. The summed E-state index contributed by atoms with van der Waals surface area (Å²) in [4.78, 5) is 0. The van der Waals surface area contributed by atoms with Gasteiger partial charge >= 0.3 is 0 Å². The van der Waals surface area contributed by atoms with E-state index >= 15 is 0 Å². The Balaban J connectivity index is 0.683. The minimum absolute atomic E-state index is 1.20. The van der Waals surface area contributed by atoms with Crippen molar-refractivity contribution in [3.05, 3.63) is 322 Å². The Labute approximate surface area is 526 Å². The quantitative estimate of drug-likeness (QED) is 0.0998. The number of fused-ring (bicyclic) bond motifs is 8. The molecule has 17 aromatic carbocycles. The van der Waals surface area contributed by atoms with E-state index in [1.165, 1.54) is 180 Å². The molecule has 0 nitrogen and oxygen atoms in total. The van der Waals surface area contributed by atoms with Crippen LogP contribution in [0.1, 0.15) is 0 Å². The minimum Gasteiger partial charge on any atom is -0.0656 e. The van der Waals surface area contributed by atoms with Crippen LogP contribution in [0.5, 0.6) is 0 Å². The molecule has 17 rings (SSSR count). The number of hydrogen-bond acceptors (Lipinski definition) is 0. The van der Waals surface area contributed by atoms with Crippen molar-refractivity contribution in [3.63, 3.8) is 0 Å². The van der Waals surface area contributed by atoms with Gasteiger partial charge in [-0.25, -0.2) is 0 Å². The van der Waals surface area contributed by atoms with Gasteiger partial charge in [0.2, 0.25) is 0 Å². The molecule has 0 aliphatic carbocycles. The molecule has 17 aromatic rings. The molecule has 0 aliphatic heterocycles. The van der Waals surface area contributed by atoms with E-state index in [-0.39, 0.29) is 0 Å². The summed E-state index contributed by atoms with van der Waals surface area (Å²) < 4.78 is 0. The molecule has 0 aliphatic rings. The molecular weight excluding hydrogens is 1100 g/mol. The molecule has 0 spiro atoms. The van der Waals surface area contributed by atoms with Gasteiger partial charge in [0, 0.05) is 0 Å². The van der Waals surface area contributed by atoms with Gasteiger partial charge in [-0.05, 0) is 224 Å². The smallest absolute Gasteiger partial charge is 0.0656 e. The molecule has 0 amide bonds. The lowest BCUT2D eigenvalue weighted by Crippen LogP contribution is -2.37. The van der Waals surface area contributed by atoms with Crippen molar-refractivity contribution in [1.29, 1.82) is 0 Å². The Bertz CT molecular complexity index is 5690. The van der Waals surface area contributed by atoms with Gasteiger partial charge in [0.25, 0.3) is 0 Å². The zero-order chi connectivity index (χ0) is 60.0. The fourth-order valence-corrected chi connectivity index (χ4v) is 15.6. The fraction of sp³-hybridized carbons (Fsp3) is 0.0337. The van der Waals surface area contributed by atoms with Crippen LogP contribution in [-0.2, 0) is 0 Å². The van der Waals surface area contributed by atoms with Gasteiger partial charge in [0.15, 0.2) is 0 Å². The Morgan fingerprint density at radius 3 is 0.856 bits per heavy atom. The molecule has 0 aromatic heterocycles. The van der Waals surface area contributed by atoms with E-state index in [1.807, 2.05) is 0 Å². The summed E-state index contributed by atoms with van der Waals surface area (Å²) in [7, 11) is -1.64. The lowest BCUT2D eigenvalue weighted by atomic mass is 9.85. The van der Waals surface area contributed by atoms with Gasteiger partial charge in [0.1, 0.15) is 0 Å². The average Bonchev–Trinajstić information content (AvgIpc) is 0.830. The number of rotatable bonds is 9. The largest absolute Gasteiger partial charge is 0.0776 e. The Kier molecular flexibility index (Phi) is 12.7. The second-order valence-electron chi connectivity index (χ2n) is 25.6. The Morgan fingerprint density at radius 1 is 0.156 bits per heavy atom. The van der Waals surface area contributed by atoms with E-state index in [0.29, 0.717) is 0 Å². The summed E-state index contributed by atoms with van der Waals surface area (Å²) in [5.41, 5.74) is 19.8. The van der Waals surface area contributed by atoms with Crippen molar-refractivity contribution < 1.29 is 0 Å². The average molecular weight is 1160 g/mol. The molecule has 0 saturated carbocycles. The van der Waals surface area contributed by atoms with Gasteiger partial charge in [0.05, 0.1) is 8.07 Å². The van der Waals surface area contributed by atoms with Crippen molar-refractivity contribution in [2.75, 3.05) is 0 Å². The fourth-order valence-electron chi connectivity index (χ4n) is 14.5. The first-order valence-electron chi connectivity index (χ1n) is 31.5. The van der Waals surface area contributed by atoms with E-state index < -0.39 is 8.07 Å². The zero-order valence-electron chi connectivity index (χ0n) is 50.6. The lowest BCUT2D eigenvalue weighted by Gasteiger charge is -2.22. The van der Waals surface area contributed by atoms with Crippen LogP contribution in [0.4, 0.5) is 0 Å². The number of hydrogen-bond donors (Lipinski definition) is 0. The van der Waals surface area contributed by atoms with Crippen LogP contribution in [0.3, 0.4) is 0 Å². The van der Waals surface area contributed by atoms with E-state index in [9.17, 15) is 0 Å². The Hall–Kier alpha value is -11.0. The summed E-state index contributed by atoms with van der Waals surface area (Å²) in [6, 6.07) is 121. The highest BCUT2D eigenvalue weighted by Gasteiger charge is 2.23. The van der Waals surface area contributed by atoms with Gasteiger partial charge in [-0.2, -0.15) is 0 Å². The molecule has 0 atom stereocenters. The van der Waals surface area contributed by atoms with Crippen LogP contribution in [0.25, 0.3) is 175 Å². The van der Waals surface area contributed by atoms with Gasteiger partial charge in [-0.1, -0.05) is 298 Å². The van der Waals surface area contributed by atoms with Crippen molar-refractivity contribution in [1.82, 2.24) is 0 Å². The monoisotopic (exact) mass is 1160 g/mol. The SMILES string of the molecule is C[Si](C)(C)c1ccc2c(-c3ccc4cc(-c5ccc6cc(-c7cccc(-c8c9ccccc9c(-c9ccc%10cc(-c%11ccc%12ccccc%12c%11)ccc%10c9)c9ccccc89)c7)ccc6c5)ccc4c3)c3ccccc3c(-c3ccc(-c4ccccc4)cc3)c2c1. The Morgan fingerprint density at radius 2 is 0.422 bits per heavy atom.